The first-order chi connectivity index (χ1) is 9.17. The van der Waals surface area contributed by atoms with E-state index in [1.165, 1.54) is 12.1 Å². The highest BCUT2D eigenvalue weighted by atomic mass is 16.6. The maximum Gasteiger partial charge on any atom is 0.347 e. The minimum Gasteiger partial charge on any atom is -0.486 e. The molecule has 5 heteroatoms. The lowest BCUT2D eigenvalue weighted by molar-refractivity contribution is 0.0443. The fourth-order valence-electron chi connectivity index (χ4n) is 1.61. The summed E-state index contributed by atoms with van der Waals surface area (Å²) in [5, 5.41) is 0. The van der Waals surface area contributed by atoms with Crippen molar-refractivity contribution in [3.8, 4) is 11.5 Å². The Hall–Kier alpha value is -2.56. The summed E-state index contributed by atoms with van der Waals surface area (Å²) in [6, 6.07) is 2.87. The summed E-state index contributed by atoms with van der Waals surface area (Å²) >= 11 is 0. The van der Waals surface area contributed by atoms with Crippen LogP contribution in [0.25, 0.3) is 0 Å². The van der Waals surface area contributed by atoms with E-state index < -0.39 is 11.9 Å². The lowest BCUT2D eigenvalue weighted by atomic mass is 10.1. The molecule has 1 aromatic rings. The number of esters is 2. The van der Waals surface area contributed by atoms with Gasteiger partial charge in [0.05, 0.1) is 11.1 Å². The largest absolute Gasteiger partial charge is 0.486 e. The fourth-order valence-corrected chi connectivity index (χ4v) is 1.61. The van der Waals surface area contributed by atoms with Gasteiger partial charge < -0.3 is 14.2 Å². The summed E-state index contributed by atoms with van der Waals surface area (Å²) in [5.74, 6) is -0.656. The van der Waals surface area contributed by atoms with E-state index in [1.807, 2.05) is 0 Å². The highest BCUT2D eigenvalue weighted by Crippen LogP contribution is 2.34. The molecular weight excluding hydrogens is 248 g/mol. The molecular formula is C14H12O5. The molecule has 0 N–H and O–H groups in total. The van der Waals surface area contributed by atoms with Gasteiger partial charge in [0.2, 0.25) is 0 Å². The van der Waals surface area contributed by atoms with Gasteiger partial charge in [0.1, 0.15) is 13.2 Å². The maximum absolute atomic E-state index is 11.5. The standard InChI is InChI=1S/C14H12O5/c1-3-5-17-11-7-9-10(14(16)19-13(9)15)8-12(11)18-6-4-2/h3-4,7-8H,1-2,5-6H2. The van der Waals surface area contributed by atoms with E-state index in [1.54, 1.807) is 12.2 Å². The van der Waals surface area contributed by atoms with Crippen molar-refractivity contribution in [3.63, 3.8) is 0 Å². The van der Waals surface area contributed by atoms with E-state index in [0.29, 0.717) is 11.5 Å². The number of carbonyl (C=O) groups is 2. The molecule has 1 aromatic carbocycles. The van der Waals surface area contributed by atoms with Gasteiger partial charge in [0.25, 0.3) is 0 Å². The van der Waals surface area contributed by atoms with Crippen LogP contribution >= 0.6 is 0 Å². The third kappa shape index (κ3) is 2.49. The predicted octanol–water partition coefficient (Wildman–Crippen LogP) is 2.13. The van der Waals surface area contributed by atoms with Crippen LogP contribution in [0.1, 0.15) is 20.7 Å². The van der Waals surface area contributed by atoms with Gasteiger partial charge in [-0.25, -0.2) is 9.59 Å². The van der Waals surface area contributed by atoms with Crippen molar-refractivity contribution in [2.75, 3.05) is 13.2 Å². The van der Waals surface area contributed by atoms with Crippen molar-refractivity contribution in [3.05, 3.63) is 48.6 Å². The predicted molar refractivity (Wildman–Crippen MR) is 67.6 cm³/mol. The second-order valence-electron chi connectivity index (χ2n) is 3.72. The van der Waals surface area contributed by atoms with Crippen LogP contribution in [0.5, 0.6) is 11.5 Å². The third-order valence-corrected chi connectivity index (χ3v) is 2.42. The Bertz CT molecular complexity index is 510. The molecule has 0 amide bonds. The van der Waals surface area contributed by atoms with Crippen molar-refractivity contribution < 1.29 is 23.8 Å². The molecule has 1 aliphatic rings. The SMILES string of the molecule is C=CCOc1cc2c(cc1OCC=C)C(=O)OC2=O. The number of hydrogen-bond donors (Lipinski definition) is 0. The number of rotatable bonds is 6. The van der Waals surface area contributed by atoms with E-state index >= 15 is 0 Å². The number of fused-ring (bicyclic) bond motifs is 1. The van der Waals surface area contributed by atoms with E-state index in [-0.39, 0.29) is 24.3 Å². The van der Waals surface area contributed by atoms with Crippen LogP contribution < -0.4 is 9.47 Å². The summed E-state index contributed by atoms with van der Waals surface area (Å²) < 4.78 is 15.3. The van der Waals surface area contributed by atoms with Crippen LogP contribution in [0.2, 0.25) is 0 Å². The van der Waals surface area contributed by atoms with Gasteiger partial charge in [-0.15, -0.1) is 0 Å². The zero-order valence-electron chi connectivity index (χ0n) is 10.2. The molecule has 0 atom stereocenters. The molecule has 0 saturated heterocycles. The Balaban J connectivity index is 2.42. The van der Waals surface area contributed by atoms with Crippen LogP contribution in [0.15, 0.2) is 37.4 Å². The number of hydrogen-bond acceptors (Lipinski definition) is 5. The fraction of sp³-hybridized carbons (Fsp3) is 0.143. The summed E-state index contributed by atoms with van der Waals surface area (Å²) in [7, 11) is 0. The average Bonchev–Trinajstić information content (AvgIpc) is 2.68. The minimum absolute atomic E-state index is 0.176. The molecule has 1 aliphatic heterocycles. The van der Waals surface area contributed by atoms with Gasteiger partial charge >= 0.3 is 11.9 Å². The molecule has 0 spiro atoms. The summed E-state index contributed by atoms with van der Waals surface area (Å²) in [5.41, 5.74) is 0.352. The lowest BCUT2D eigenvalue weighted by Crippen LogP contribution is -2.02. The van der Waals surface area contributed by atoms with Crippen LogP contribution in [0.3, 0.4) is 0 Å². The smallest absolute Gasteiger partial charge is 0.347 e. The Kier molecular flexibility index (Phi) is 3.66. The molecule has 0 aliphatic carbocycles. The second-order valence-corrected chi connectivity index (χ2v) is 3.72. The van der Waals surface area contributed by atoms with Crippen molar-refractivity contribution in [2.24, 2.45) is 0 Å². The number of carbonyl (C=O) groups excluding carboxylic acids is 2. The number of ether oxygens (including phenoxy) is 3. The molecule has 2 rings (SSSR count). The van der Waals surface area contributed by atoms with Crippen molar-refractivity contribution in [1.29, 1.82) is 0 Å². The highest BCUT2D eigenvalue weighted by Gasteiger charge is 2.31. The quantitative estimate of drug-likeness (QED) is 0.445. The molecule has 0 unspecified atom stereocenters. The van der Waals surface area contributed by atoms with E-state index in [0.717, 1.165) is 0 Å². The van der Waals surface area contributed by atoms with Gasteiger partial charge in [0.15, 0.2) is 11.5 Å². The van der Waals surface area contributed by atoms with Crippen molar-refractivity contribution >= 4 is 11.9 Å². The Morgan fingerprint density at radius 2 is 1.37 bits per heavy atom. The molecule has 1 heterocycles. The van der Waals surface area contributed by atoms with Crippen LogP contribution in [-0.4, -0.2) is 25.2 Å². The summed E-state index contributed by atoms with van der Waals surface area (Å²) in [6.07, 6.45) is 3.13. The summed E-state index contributed by atoms with van der Waals surface area (Å²) in [6.45, 7) is 7.59. The first kappa shape index (κ1) is 12.9. The Labute approximate surface area is 110 Å². The van der Waals surface area contributed by atoms with Crippen molar-refractivity contribution in [2.45, 2.75) is 0 Å². The molecule has 19 heavy (non-hydrogen) atoms. The number of cyclic esters (lactones) is 2. The zero-order chi connectivity index (χ0) is 13.8. The monoisotopic (exact) mass is 260 g/mol. The van der Waals surface area contributed by atoms with E-state index in [9.17, 15) is 9.59 Å². The lowest BCUT2D eigenvalue weighted by Gasteiger charge is -2.11. The van der Waals surface area contributed by atoms with Crippen LogP contribution in [0.4, 0.5) is 0 Å². The first-order valence-corrected chi connectivity index (χ1v) is 5.59. The van der Waals surface area contributed by atoms with Crippen molar-refractivity contribution in [1.82, 2.24) is 0 Å². The van der Waals surface area contributed by atoms with Crippen LogP contribution in [0, 0.1) is 0 Å². The second kappa shape index (κ2) is 5.39. The topological polar surface area (TPSA) is 61.8 Å². The third-order valence-electron chi connectivity index (χ3n) is 2.42. The van der Waals surface area contributed by atoms with E-state index in [2.05, 4.69) is 17.9 Å². The molecule has 0 aromatic heterocycles. The van der Waals surface area contributed by atoms with Gasteiger partial charge in [-0.2, -0.15) is 0 Å². The summed E-state index contributed by atoms with van der Waals surface area (Å²) in [4.78, 5) is 22.9. The molecule has 0 fully saturated rings. The number of benzene rings is 1. The molecule has 0 bridgehead atoms. The Morgan fingerprint density at radius 3 is 1.74 bits per heavy atom. The molecule has 5 nitrogen and oxygen atoms in total. The Morgan fingerprint density at radius 1 is 0.947 bits per heavy atom. The molecule has 98 valence electrons. The first-order valence-electron chi connectivity index (χ1n) is 5.59. The van der Waals surface area contributed by atoms with Gasteiger partial charge in [-0.05, 0) is 12.1 Å². The molecule has 0 radical (unpaired) electrons. The van der Waals surface area contributed by atoms with Gasteiger partial charge in [-0.3, -0.25) is 0 Å². The van der Waals surface area contributed by atoms with Crippen LogP contribution in [-0.2, 0) is 4.74 Å². The highest BCUT2D eigenvalue weighted by molar-refractivity contribution is 6.15. The normalized spacial score (nSPS) is 12.6. The van der Waals surface area contributed by atoms with Gasteiger partial charge in [0, 0.05) is 0 Å². The van der Waals surface area contributed by atoms with Gasteiger partial charge in [-0.1, -0.05) is 25.3 Å². The molecule has 0 saturated carbocycles. The van der Waals surface area contributed by atoms with E-state index in [4.69, 9.17) is 9.47 Å². The maximum atomic E-state index is 11.5. The minimum atomic E-state index is -0.682. The average molecular weight is 260 g/mol. The zero-order valence-corrected chi connectivity index (χ0v) is 10.2.